The lowest BCUT2D eigenvalue weighted by atomic mass is 10.2. The number of nitrogens with one attached hydrogen (secondary N) is 1. The van der Waals surface area contributed by atoms with Gasteiger partial charge in [0.15, 0.2) is 11.2 Å². The highest BCUT2D eigenvalue weighted by atomic mass is 35.5. The molecule has 3 rings (SSSR count). The SMILES string of the molecule is C/C(Cl)=C\Cn1c(N/N=C/c2ccccc2Cl)nc2c1c(=O)n(C)c(=O)n2C. The Hall–Kier alpha value is -2.84. The number of hydrogen-bond donors (Lipinski definition) is 1. The molecule has 1 aromatic carbocycles. The Bertz CT molecular complexity index is 1220. The fourth-order valence-electron chi connectivity index (χ4n) is 2.67. The Morgan fingerprint density at radius 3 is 2.64 bits per heavy atom. The number of halogens is 2. The van der Waals surface area contributed by atoms with Crippen molar-refractivity contribution in [3.63, 3.8) is 0 Å². The summed E-state index contributed by atoms with van der Waals surface area (Å²) >= 11 is 12.1. The van der Waals surface area contributed by atoms with E-state index in [2.05, 4.69) is 15.5 Å². The number of nitrogens with zero attached hydrogens (tertiary/aromatic N) is 5. The zero-order valence-electron chi connectivity index (χ0n) is 15.5. The minimum atomic E-state index is -0.461. The summed E-state index contributed by atoms with van der Waals surface area (Å²) in [6.45, 7) is 2.01. The van der Waals surface area contributed by atoms with Crippen LogP contribution in [0, 0.1) is 0 Å². The summed E-state index contributed by atoms with van der Waals surface area (Å²) in [7, 11) is 2.98. The first-order chi connectivity index (χ1) is 13.3. The second-order valence-corrected chi connectivity index (χ2v) is 7.11. The maximum atomic E-state index is 12.7. The quantitative estimate of drug-likeness (QED) is 0.507. The van der Waals surface area contributed by atoms with Gasteiger partial charge < -0.3 is 0 Å². The molecule has 0 saturated heterocycles. The first-order valence-electron chi connectivity index (χ1n) is 8.33. The highest BCUT2D eigenvalue weighted by Gasteiger charge is 2.18. The summed E-state index contributed by atoms with van der Waals surface area (Å²) in [4.78, 5) is 29.3. The van der Waals surface area contributed by atoms with Gasteiger partial charge in [0.05, 0.1) is 6.21 Å². The molecule has 0 spiro atoms. The highest BCUT2D eigenvalue weighted by Crippen LogP contribution is 2.17. The third-order valence-corrected chi connectivity index (χ3v) is 4.68. The zero-order valence-corrected chi connectivity index (χ0v) is 17.0. The molecule has 2 heterocycles. The van der Waals surface area contributed by atoms with Crippen molar-refractivity contribution in [2.24, 2.45) is 19.2 Å². The Balaban J connectivity index is 2.12. The van der Waals surface area contributed by atoms with E-state index < -0.39 is 11.2 Å². The number of imidazole rings is 1. The summed E-state index contributed by atoms with van der Waals surface area (Å²) in [6, 6.07) is 7.24. The monoisotopic (exact) mass is 420 g/mol. The molecule has 0 radical (unpaired) electrons. The van der Waals surface area contributed by atoms with Gasteiger partial charge in [-0.15, -0.1) is 0 Å². The Morgan fingerprint density at radius 1 is 1.25 bits per heavy atom. The van der Waals surface area contributed by atoms with Crippen molar-refractivity contribution in [2.45, 2.75) is 13.5 Å². The maximum Gasteiger partial charge on any atom is 0.332 e. The predicted molar refractivity (Wildman–Crippen MR) is 112 cm³/mol. The molecule has 0 fully saturated rings. The molecular weight excluding hydrogens is 403 g/mol. The molecule has 0 unspecified atom stereocenters. The predicted octanol–water partition coefficient (Wildman–Crippen LogP) is 2.68. The van der Waals surface area contributed by atoms with Gasteiger partial charge in [0.1, 0.15) is 0 Å². The molecular formula is C18H18Cl2N6O2. The van der Waals surface area contributed by atoms with Gasteiger partial charge in [0.25, 0.3) is 5.56 Å². The van der Waals surface area contributed by atoms with Crippen LogP contribution < -0.4 is 16.7 Å². The molecule has 0 aliphatic rings. The average Bonchev–Trinajstić information content (AvgIpc) is 3.03. The van der Waals surface area contributed by atoms with Crippen molar-refractivity contribution in [3.8, 4) is 0 Å². The van der Waals surface area contributed by atoms with Crippen molar-refractivity contribution in [3.05, 3.63) is 66.8 Å². The molecule has 0 bridgehead atoms. The molecule has 0 aliphatic heterocycles. The van der Waals surface area contributed by atoms with Crippen LogP contribution in [0.1, 0.15) is 12.5 Å². The van der Waals surface area contributed by atoms with E-state index in [1.807, 2.05) is 18.2 Å². The number of aromatic nitrogens is 4. The van der Waals surface area contributed by atoms with Crippen LogP contribution in [0.3, 0.4) is 0 Å². The van der Waals surface area contributed by atoms with Crippen molar-refractivity contribution in [1.29, 1.82) is 0 Å². The first-order valence-corrected chi connectivity index (χ1v) is 9.09. The molecule has 8 nitrogen and oxygen atoms in total. The van der Waals surface area contributed by atoms with E-state index in [1.54, 1.807) is 36.9 Å². The van der Waals surface area contributed by atoms with Crippen LogP contribution in [0.15, 0.2) is 50.1 Å². The number of rotatable bonds is 5. The Kier molecular flexibility index (Phi) is 5.71. The van der Waals surface area contributed by atoms with E-state index in [1.165, 1.54) is 11.6 Å². The van der Waals surface area contributed by atoms with Gasteiger partial charge in [-0.2, -0.15) is 10.1 Å². The topological polar surface area (TPSA) is 86.2 Å². The molecule has 1 N–H and O–H groups in total. The van der Waals surface area contributed by atoms with Gasteiger partial charge in [-0.3, -0.25) is 18.5 Å². The number of hydrogen-bond acceptors (Lipinski definition) is 5. The number of benzene rings is 1. The Morgan fingerprint density at radius 2 is 1.96 bits per heavy atom. The number of hydrazone groups is 1. The van der Waals surface area contributed by atoms with Crippen LogP contribution in [0.2, 0.25) is 5.02 Å². The first kappa shape index (κ1) is 19.9. The van der Waals surface area contributed by atoms with Crippen molar-refractivity contribution >= 4 is 46.5 Å². The molecule has 0 aliphatic carbocycles. The van der Waals surface area contributed by atoms with Crippen LogP contribution in [0.4, 0.5) is 5.95 Å². The number of aryl methyl sites for hydroxylation is 1. The van der Waals surface area contributed by atoms with E-state index in [0.29, 0.717) is 16.0 Å². The fourth-order valence-corrected chi connectivity index (χ4v) is 2.92. The molecule has 0 atom stereocenters. The second kappa shape index (κ2) is 8.04. The van der Waals surface area contributed by atoms with Gasteiger partial charge in [-0.25, -0.2) is 10.2 Å². The lowest BCUT2D eigenvalue weighted by Crippen LogP contribution is -2.37. The van der Waals surface area contributed by atoms with Gasteiger partial charge in [-0.05, 0) is 13.0 Å². The van der Waals surface area contributed by atoms with Crippen LogP contribution in [0.25, 0.3) is 11.2 Å². The molecule has 28 heavy (non-hydrogen) atoms. The fraction of sp³-hybridized carbons (Fsp3) is 0.222. The van der Waals surface area contributed by atoms with E-state index in [4.69, 9.17) is 23.2 Å². The Labute approximate surface area is 170 Å². The third-order valence-electron chi connectivity index (χ3n) is 4.18. The maximum absolute atomic E-state index is 12.7. The minimum absolute atomic E-state index is 0.254. The van der Waals surface area contributed by atoms with Gasteiger partial charge >= 0.3 is 5.69 Å². The van der Waals surface area contributed by atoms with E-state index in [9.17, 15) is 9.59 Å². The van der Waals surface area contributed by atoms with Crippen molar-refractivity contribution < 1.29 is 0 Å². The van der Waals surface area contributed by atoms with Gasteiger partial charge in [0.2, 0.25) is 5.95 Å². The lowest BCUT2D eigenvalue weighted by Gasteiger charge is -2.07. The molecule has 146 valence electrons. The average molecular weight is 421 g/mol. The highest BCUT2D eigenvalue weighted by molar-refractivity contribution is 6.33. The summed E-state index contributed by atoms with van der Waals surface area (Å²) in [5.41, 5.74) is 3.16. The number of fused-ring (bicyclic) bond motifs is 1. The van der Waals surface area contributed by atoms with E-state index >= 15 is 0 Å². The van der Waals surface area contributed by atoms with Crippen molar-refractivity contribution in [1.82, 2.24) is 18.7 Å². The number of allylic oxidation sites excluding steroid dienone is 2. The molecule has 10 heteroatoms. The lowest BCUT2D eigenvalue weighted by molar-refractivity contribution is 0.703. The van der Waals surface area contributed by atoms with Crippen LogP contribution in [-0.4, -0.2) is 24.9 Å². The molecule has 0 amide bonds. The molecule has 0 saturated carbocycles. The number of anilines is 1. The summed E-state index contributed by atoms with van der Waals surface area (Å²) in [5.74, 6) is 0.297. The van der Waals surface area contributed by atoms with Crippen molar-refractivity contribution in [2.75, 3.05) is 5.43 Å². The normalized spacial score (nSPS) is 12.2. The van der Waals surface area contributed by atoms with Crippen LogP contribution >= 0.6 is 23.2 Å². The minimum Gasteiger partial charge on any atom is -0.299 e. The second-order valence-electron chi connectivity index (χ2n) is 6.11. The molecule has 3 aromatic rings. The van der Waals surface area contributed by atoms with Gasteiger partial charge in [0, 0.05) is 36.3 Å². The smallest absolute Gasteiger partial charge is 0.299 e. The van der Waals surface area contributed by atoms with E-state index in [0.717, 1.165) is 10.1 Å². The zero-order chi connectivity index (χ0) is 20.4. The van der Waals surface area contributed by atoms with E-state index in [-0.39, 0.29) is 17.7 Å². The summed E-state index contributed by atoms with van der Waals surface area (Å²) in [5, 5.41) is 5.29. The largest absolute Gasteiger partial charge is 0.332 e. The summed E-state index contributed by atoms with van der Waals surface area (Å²) < 4.78 is 3.97. The third kappa shape index (κ3) is 3.74. The molecule has 2 aromatic heterocycles. The van der Waals surface area contributed by atoms with Gasteiger partial charge in [-0.1, -0.05) is 47.5 Å². The standard InChI is InChI=1S/C18H18Cl2N6O2/c1-11(19)8-9-26-14-15(24(2)18(28)25(3)16(14)27)22-17(26)23-21-10-12-6-4-5-7-13(12)20/h4-8,10H,9H2,1-3H3,(H,22,23)/b11-8+,21-10+. The van der Waals surface area contributed by atoms with Crippen LogP contribution in [-0.2, 0) is 20.6 Å². The summed E-state index contributed by atoms with van der Waals surface area (Å²) in [6.07, 6.45) is 3.28. The van der Waals surface area contributed by atoms with Crippen LogP contribution in [0.5, 0.6) is 0 Å².